The highest BCUT2D eigenvalue weighted by molar-refractivity contribution is 6.30. The van der Waals surface area contributed by atoms with E-state index in [9.17, 15) is 9.18 Å². The van der Waals surface area contributed by atoms with Crippen LogP contribution in [0.25, 0.3) is 0 Å². The van der Waals surface area contributed by atoms with E-state index in [1.54, 1.807) is 6.07 Å². The maximum absolute atomic E-state index is 13.4. The Labute approximate surface area is 109 Å². The van der Waals surface area contributed by atoms with Crippen LogP contribution < -0.4 is 0 Å². The Morgan fingerprint density at radius 3 is 2.78 bits per heavy atom. The van der Waals surface area contributed by atoms with Crippen LogP contribution in [-0.4, -0.2) is 36.3 Å². The number of ether oxygens (including phenoxy) is 1. The highest BCUT2D eigenvalue weighted by atomic mass is 35.5. The van der Waals surface area contributed by atoms with Crippen molar-refractivity contribution in [2.24, 2.45) is 0 Å². The number of halogens is 2. The van der Waals surface area contributed by atoms with Gasteiger partial charge in [-0.1, -0.05) is 11.6 Å². The number of likely N-dealkylation sites (tertiary alicyclic amines) is 1. The predicted octanol–water partition coefficient (Wildman–Crippen LogP) is 2.70. The van der Waals surface area contributed by atoms with Gasteiger partial charge in [0.2, 0.25) is 0 Å². The second kappa shape index (κ2) is 4.74. The summed E-state index contributed by atoms with van der Waals surface area (Å²) < 4.78 is 18.8. The molecule has 0 bridgehead atoms. The molecule has 0 saturated carbocycles. The second-order valence-electron chi connectivity index (χ2n) is 4.31. The summed E-state index contributed by atoms with van der Waals surface area (Å²) in [5.74, 6) is -0.456. The maximum Gasteiger partial charge on any atom is 0.407 e. The average Bonchev–Trinajstić information content (AvgIpc) is 2.73. The second-order valence-corrected chi connectivity index (χ2v) is 4.75. The molecule has 1 aromatic rings. The van der Waals surface area contributed by atoms with Gasteiger partial charge in [0.15, 0.2) is 0 Å². The third kappa shape index (κ3) is 2.28. The molecule has 1 unspecified atom stereocenters. The van der Waals surface area contributed by atoms with Crippen LogP contribution in [0, 0.1) is 5.82 Å². The summed E-state index contributed by atoms with van der Waals surface area (Å²) in [5.41, 5.74) is -0.247. The van der Waals surface area contributed by atoms with Crippen LogP contribution in [-0.2, 0) is 10.3 Å². The molecular weight excluding hydrogens is 261 g/mol. The van der Waals surface area contributed by atoms with Gasteiger partial charge in [0, 0.05) is 25.1 Å². The van der Waals surface area contributed by atoms with Crippen molar-refractivity contribution in [2.75, 3.05) is 20.2 Å². The van der Waals surface area contributed by atoms with Crippen molar-refractivity contribution >= 4 is 17.7 Å². The van der Waals surface area contributed by atoms with E-state index in [0.717, 1.165) is 0 Å². The fraction of sp³-hybridized carbons (Fsp3) is 0.417. The minimum absolute atomic E-state index is 0.179. The Balaban J connectivity index is 2.36. The molecule has 2 rings (SSSR count). The molecule has 18 heavy (non-hydrogen) atoms. The molecule has 0 radical (unpaired) electrons. The van der Waals surface area contributed by atoms with Gasteiger partial charge in [0.25, 0.3) is 0 Å². The first-order chi connectivity index (χ1) is 8.47. The molecule has 6 heteroatoms. The molecule has 0 aliphatic carbocycles. The lowest BCUT2D eigenvalue weighted by Gasteiger charge is -2.28. The molecule has 4 nitrogen and oxygen atoms in total. The lowest BCUT2D eigenvalue weighted by molar-refractivity contribution is -0.00504. The lowest BCUT2D eigenvalue weighted by atomic mass is 9.92. The maximum atomic E-state index is 13.4. The van der Waals surface area contributed by atoms with Crippen molar-refractivity contribution in [1.82, 2.24) is 4.90 Å². The first-order valence-corrected chi connectivity index (χ1v) is 5.84. The zero-order valence-electron chi connectivity index (χ0n) is 9.82. The van der Waals surface area contributed by atoms with Crippen LogP contribution in [0.1, 0.15) is 12.0 Å². The van der Waals surface area contributed by atoms with E-state index in [4.69, 9.17) is 21.4 Å². The summed E-state index contributed by atoms with van der Waals surface area (Å²) in [6.07, 6.45) is -0.522. The number of rotatable bonds is 2. The van der Waals surface area contributed by atoms with Gasteiger partial charge in [-0.05, 0) is 23.8 Å². The quantitative estimate of drug-likeness (QED) is 0.901. The predicted molar refractivity (Wildman–Crippen MR) is 64.3 cm³/mol. The lowest BCUT2D eigenvalue weighted by Crippen LogP contribution is -2.35. The fourth-order valence-corrected chi connectivity index (χ4v) is 2.50. The largest absolute Gasteiger partial charge is 0.465 e. The highest BCUT2D eigenvalue weighted by Crippen LogP contribution is 2.36. The molecule has 98 valence electrons. The Morgan fingerprint density at radius 2 is 2.28 bits per heavy atom. The smallest absolute Gasteiger partial charge is 0.407 e. The van der Waals surface area contributed by atoms with Crippen molar-refractivity contribution in [3.05, 3.63) is 34.6 Å². The first-order valence-electron chi connectivity index (χ1n) is 5.46. The van der Waals surface area contributed by atoms with Crippen molar-refractivity contribution in [2.45, 2.75) is 12.0 Å². The first kappa shape index (κ1) is 13.1. The van der Waals surface area contributed by atoms with E-state index >= 15 is 0 Å². The van der Waals surface area contributed by atoms with E-state index in [1.807, 2.05) is 0 Å². The van der Waals surface area contributed by atoms with Crippen LogP contribution in [0.15, 0.2) is 18.2 Å². The molecular formula is C12H13ClFNO3. The van der Waals surface area contributed by atoms with Crippen LogP contribution in [0.5, 0.6) is 0 Å². The van der Waals surface area contributed by atoms with Gasteiger partial charge in [0.1, 0.15) is 11.4 Å². The third-order valence-corrected chi connectivity index (χ3v) is 3.50. The average molecular weight is 274 g/mol. The van der Waals surface area contributed by atoms with E-state index in [2.05, 4.69) is 0 Å². The fourth-order valence-electron chi connectivity index (χ4n) is 2.28. The highest BCUT2D eigenvalue weighted by Gasteiger charge is 2.42. The Hall–Kier alpha value is -1.33. The van der Waals surface area contributed by atoms with Gasteiger partial charge < -0.3 is 14.7 Å². The molecule has 1 aliphatic rings. The number of carboxylic acid groups (broad SMARTS) is 1. The number of hydrogen-bond acceptors (Lipinski definition) is 2. The van der Waals surface area contributed by atoms with Gasteiger partial charge in [-0.25, -0.2) is 9.18 Å². The summed E-state index contributed by atoms with van der Waals surface area (Å²) in [6, 6.07) is 4.15. The van der Waals surface area contributed by atoms with Gasteiger partial charge in [0.05, 0.1) is 6.54 Å². The van der Waals surface area contributed by atoms with Gasteiger partial charge >= 0.3 is 6.09 Å². The van der Waals surface area contributed by atoms with Gasteiger partial charge in [-0.3, -0.25) is 0 Å². The van der Waals surface area contributed by atoms with Crippen molar-refractivity contribution in [3.63, 3.8) is 0 Å². The van der Waals surface area contributed by atoms with Crippen molar-refractivity contribution in [1.29, 1.82) is 0 Å². The van der Waals surface area contributed by atoms with E-state index < -0.39 is 17.5 Å². The minimum atomic E-state index is -1.00. The Morgan fingerprint density at radius 1 is 1.56 bits per heavy atom. The zero-order valence-corrected chi connectivity index (χ0v) is 10.6. The normalized spacial score (nSPS) is 23.4. The summed E-state index contributed by atoms with van der Waals surface area (Å²) in [7, 11) is 1.49. The zero-order chi connectivity index (χ0) is 13.3. The number of hydrogen-bond donors (Lipinski definition) is 1. The standard InChI is InChI=1S/C12H13ClFNO3/c1-18-12(2-3-15(7-12)11(16)17)8-4-9(13)6-10(14)5-8/h4-6H,2-3,7H2,1H3,(H,16,17). The monoisotopic (exact) mass is 273 g/mol. The molecule has 1 aromatic carbocycles. The minimum Gasteiger partial charge on any atom is -0.465 e. The topological polar surface area (TPSA) is 49.8 Å². The van der Waals surface area contributed by atoms with E-state index in [1.165, 1.54) is 24.1 Å². The SMILES string of the molecule is COC1(c2cc(F)cc(Cl)c2)CCN(C(=O)O)C1. The van der Waals surface area contributed by atoms with Crippen LogP contribution in [0.3, 0.4) is 0 Å². The number of benzene rings is 1. The number of carbonyl (C=O) groups is 1. The summed E-state index contributed by atoms with van der Waals surface area (Å²) in [6.45, 7) is 0.538. The molecule has 1 heterocycles. The third-order valence-electron chi connectivity index (χ3n) is 3.28. The molecule has 1 atom stereocenters. The molecule has 0 aromatic heterocycles. The molecule has 1 saturated heterocycles. The molecule has 0 spiro atoms. The summed E-state index contributed by atoms with van der Waals surface area (Å²) in [5, 5.41) is 9.24. The van der Waals surface area contributed by atoms with Crippen molar-refractivity contribution < 1.29 is 19.0 Å². The number of methoxy groups -OCH3 is 1. The van der Waals surface area contributed by atoms with E-state index in [-0.39, 0.29) is 11.6 Å². The van der Waals surface area contributed by atoms with Crippen LogP contribution >= 0.6 is 11.6 Å². The number of nitrogens with zero attached hydrogens (tertiary/aromatic N) is 1. The van der Waals surface area contributed by atoms with Crippen LogP contribution in [0.2, 0.25) is 5.02 Å². The summed E-state index contributed by atoms with van der Waals surface area (Å²) >= 11 is 5.82. The van der Waals surface area contributed by atoms with Crippen LogP contribution in [0.4, 0.5) is 9.18 Å². The molecule has 1 aliphatic heterocycles. The Bertz CT molecular complexity index is 462. The number of amides is 1. The molecule has 1 N–H and O–H groups in total. The van der Waals surface area contributed by atoms with E-state index in [0.29, 0.717) is 18.5 Å². The summed E-state index contributed by atoms with van der Waals surface area (Å²) in [4.78, 5) is 12.2. The molecule has 1 fully saturated rings. The molecule has 1 amide bonds. The van der Waals surface area contributed by atoms with Crippen molar-refractivity contribution in [3.8, 4) is 0 Å². The van der Waals surface area contributed by atoms with Gasteiger partial charge in [-0.15, -0.1) is 0 Å². The van der Waals surface area contributed by atoms with Gasteiger partial charge in [-0.2, -0.15) is 0 Å². The Kier molecular flexibility index (Phi) is 3.45.